The Morgan fingerprint density at radius 3 is 2.50 bits per heavy atom. The van der Waals surface area contributed by atoms with Crippen LogP contribution in [0.3, 0.4) is 0 Å². The molecule has 0 amide bonds. The van der Waals surface area contributed by atoms with Crippen molar-refractivity contribution in [2.75, 3.05) is 12.0 Å². The fourth-order valence-corrected chi connectivity index (χ4v) is 6.00. The molecule has 1 aliphatic rings. The van der Waals surface area contributed by atoms with Crippen molar-refractivity contribution in [3.8, 4) is 0 Å². The van der Waals surface area contributed by atoms with E-state index in [1.54, 1.807) is 0 Å². The number of allylic oxidation sites excluding steroid dienone is 3. The number of rotatable bonds is 2. The molecule has 16 heavy (non-hydrogen) atoms. The van der Waals surface area contributed by atoms with Gasteiger partial charge in [0, 0.05) is 0 Å². The normalized spacial score (nSPS) is 17.1. The van der Waals surface area contributed by atoms with Crippen molar-refractivity contribution >= 4 is 25.7 Å². The summed E-state index contributed by atoms with van der Waals surface area (Å²) in [5.74, 6) is 0. The maximum atomic E-state index is 3.93. The number of halogens is 1. The summed E-state index contributed by atoms with van der Waals surface area (Å²) in [6.07, 6.45) is 3.89. The summed E-state index contributed by atoms with van der Waals surface area (Å²) in [6.45, 7) is 7.84. The Morgan fingerprint density at radius 2 is 1.88 bits per heavy atom. The molecule has 1 nitrogen and oxygen atoms in total. The van der Waals surface area contributed by atoms with Crippen molar-refractivity contribution in [3.05, 3.63) is 64.4 Å². The molecule has 1 heterocycles. The van der Waals surface area contributed by atoms with Crippen LogP contribution in [0.25, 0.3) is 5.57 Å². The van der Waals surface area contributed by atoms with Crippen molar-refractivity contribution in [2.24, 2.45) is 0 Å². The molecule has 1 aromatic rings. The minimum atomic E-state index is -1.24. The number of fused-ring (bicyclic) bond motifs is 1. The number of hydrogen-bond donors (Lipinski definition) is 0. The molecular weight excluding hydrogens is 309 g/mol. The molecule has 0 aliphatic carbocycles. The number of likely N-dealkylation sites (N-methyl/N-ethyl adjacent to an activating group) is 1. The van der Waals surface area contributed by atoms with E-state index in [0.717, 1.165) is 0 Å². The van der Waals surface area contributed by atoms with Crippen LogP contribution >= 0.6 is 20.1 Å². The fourth-order valence-electron chi connectivity index (χ4n) is 1.95. The van der Waals surface area contributed by atoms with Gasteiger partial charge in [-0.05, 0) is 0 Å². The summed E-state index contributed by atoms with van der Waals surface area (Å²) >= 11 is -1.24. The van der Waals surface area contributed by atoms with Gasteiger partial charge >= 0.3 is 105 Å². The molecule has 0 unspecified atom stereocenters. The van der Waals surface area contributed by atoms with Gasteiger partial charge < -0.3 is 0 Å². The Bertz CT molecular complexity index is 473. The molecule has 0 spiro atoms. The first-order valence-corrected chi connectivity index (χ1v) is 9.33. The predicted octanol–water partition coefficient (Wildman–Crippen LogP) is 3.94. The van der Waals surface area contributed by atoms with E-state index < -0.39 is 20.1 Å². The monoisotopic (exact) mass is 325 g/mol. The molecule has 0 bridgehead atoms. The Kier molecular flexibility index (Phi) is 3.19. The summed E-state index contributed by atoms with van der Waals surface area (Å²) in [6, 6.07) is 8.66. The Balaban J connectivity index is 2.73. The van der Waals surface area contributed by atoms with Gasteiger partial charge in [-0.1, -0.05) is 0 Å². The second-order valence-corrected chi connectivity index (χ2v) is 8.74. The van der Waals surface area contributed by atoms with E-state index in [-0.39, 0.29) is 0 Å². The van der Waals surface area contributed by atoms with E-state index in [4.69, 9.17) is 0 Å². The molecule has 0 aromatic heterocycles. The van der Waals surface area contributed by atoms with Crippen molar-refractivity contribution in [2.45, 2.75) is 0 Å². The molecule has 84 valence electrons. The quantitative estimate of drug-likeness (QED) is 0.452. The van der Waals surface area contributed by atoms with E-state index in [9.17, 15) is 0 Å². The average molecular weight is 325 g/mol. The third kappa shape index (κ3) is 1.61. The molecule has 0 saturated heterocycles. The van der Waals surface area contributed by atoms with Crippen LogP contribution < -0.4 is 0 Å². The van der Waals surface area contributed by atoms with E-state index in [1.165, 1.54) is 20.4 Å². The van der Waals surface area contributed by atoms with Gasteiger partial charge in [0.05, 0.1) is 0 Å². The molecule has 2 heteroatoms. The molecular formula is C14H16IN. The number of alkyl halides is 1. The zero-order chi connectivity index (χ0) is 11.7. The van der Waals surface area contributed by atoms with E-state index in [0.29, 0.717) is 0 Å². The molecule has 2 rings (SSSR count). The van der Waals surface area contributed by atoms with Gasteiger partial charge in [0.25, 0.3) is 0 Å². The summed E-state index contributed by atoms with van der Waals surface area (Å²) in [5, 5.41) is 0. The van der Waals surface area contributed by atoms with Gasteiger partial charge in [-0.3, -0.25) is 0 Å². The third-order valence-electron chi connectivity index (χ3n) is 2.84. The summed E-state index contributed by atoms with van der Waals surface area (Å²) < 4.78 is 3.91. The van der Waals surface area contributed by atoms with E-state index in [1.807, 2.05) is 12.2 Å². The van der Waals surface area contributed by atoms with Crippen LogP contribution in [0, 0.1) is 3.57 Å². The maximum absolute atomic E-state index is 3.93. The van der Waals surface area contributed by atoms with Crippen LogP contribution in [0.15, 0.2) is 55.3 Å². The average Bonchev–Trinajstić information content (AvgIpc) is 2.33. The van der Waals surface area contributed by atoms with Gasteiger partial charge in [0.1, 0.15) is 0 Å². The first kappa shape index (κ1) is 11.5. The topological polar surface area (TPSA) is 3.24 Å². The van der Waals surface area contributed by atoms with Crippen LogP contribution in [-0.4, -0.2) is 15.1 Å². The van der Waals surface area contributed by atoms with Crippen molar-refractivity contribution < 1.29 is 0 Å². The molecule has 0 saturated carbocycles. The summed E-state index contributed by atoms with van der Waals surface area (Å²) in [5.41, 5.74) is 3.78. The van der Waals surface area contributed by atoms with Crippen molar-refractivity contribution in [1.29, 1.82) is 0 Å². The summed E-state index contributed by atoms with van der Waals surface area (Å²) in [7, 11) is 2.17. The first-order chi connectivity index (χ1) is 7.70. The second-order valence-electron chi connectivity index (χ2n) is 3.61. The molecule has 0 fully saturated rings. The second kappa shape index (κ2) is 4.45. The SMILES string of the molecule is C=CC1=C(C=C)N(C)I(C)c2ccccc21. The van der Waals surface area contributed by atoms with Crippen molar-refractivity contribution in [3.63, 3.8) is 0 Å². The van der Waals surface area contributed by atoms with E-state index >= 15 is 0 Å². The number of nitrogens with zero attached hydrogens (tertiary/aromatic N) is 1. The van der Waals surface area contributed by atoms with Crippen LogP contribution in [0.1, 0.15) is 5.56 Å². The molecule has 0 N–H and O–H groups in total. The molecule has 1 aromatic carbocycles. The standard InChI is InChI=1S/C14H16IN/c1-5-11-12-9-7-8-10-13(12)15(3)16(4)14(11)6-2/h5-10H,1-2H2,3-4H3. The van der Waals surface area contributed by atoms with Gasteiger partial charge in [0.2, 0.25) is 0 Å². The summed E-state index contributed by atoms with van der Waals surface area (Å²) in [4.78, 5) is 2.37. The molecule has 0 radical (unpaired) electrons. The fraction of sp³-hybridized carbons (Fsp3) is 0.143. The zero-order valence-corrected chi connectivity index (χ0v) is 11.9. The van der Waals surface area contributed by atoms with Gasteiger partial charge in [0.15, 0.2) is 0 Å². The van der Waals surface area contributed by atoms with Gasteiger partial charge in [-0.2, -0.15) is 0 Å². The van der Waals surface area contributed by atoms with E-state index in [2.05, 4.69) is 52.5 Å². The zero-order valence-electron chi connectivity index (χ0n) is 9.70. The van der Waals surface area contributed by atoms with Crippen LogP contribution in [0.2, 0.25) is 0 Å². The number of hydrogen-bond acceptors (Lipinski definition) is 1. The Labute approximate surface area is 105 Å². The van der Waals surface area contributed by atoms with Crippen LogP contribution in [0.5, 0.6) is 0 Å². The van der Waals surface area contributed by atoms with Crippen LogP contribution in [0.4, 0.5) is 0 Å². The Hall–Kier alpha value is -1.03. The predicted molar refractivity (Wildman–Crippen MR) is 80.2 cm³/mol. The van der Waals surface area contributed by atoms with Gasteiger partial charge in [-0.25, -0.2) is 0 Å². The minimum absolute atomic E-state index is 1.21. The Morgan fingerprint density at radius 1 is 1.19 bits per heavy atom. The first-order valence-electron chi connectivity index (χ1n) is 5.13. The van der Waals surface area contributed by atoms with Gasteiger partial charge in [-0.15, -0.1) is 0 Å². The van der Waals surface area contributed by atoms with Crippen LogP contribution in [-0.2, 0) is 0 Å². The van der Waals surface area contributed by atoms with Crippen molar-refractivity contribution in [1.82, 2.24) is 3.11 Å². The molecule has 0 atom stereocenters. The third-order valence-corrected chi connectivity index (χ3v) is 8.16. The number of benzene rings is 1. The molecule has 1 aliphatic heterocycles.